The second-order valence-corrected chi connectivity index (χ2v) is 4.45. The van der Waals surface area contributed by atoms with Crippen molar-refractivity contribution >= 4 is 0 Å². The van der Waals surface area contributed by atoms with Crippen molar-refractivity contribution in [1.82, 2.24) is 30.0 Å². The first-order valence-electron chi connectivity index (χ1n) is 7.09. The molecule has 2 rings (SSSR count). The van der Waals surface area contributed by atoms with Crippen LogP contribution in [0, 0.1) is 28.7 Å². The zero-order chi connectivity index (χ0) is 14.8. The van der Waals surface area contributed by atoms with Crippen LogP contribution in [0.15, 0.2) is 12.4 Å². The van der Waals surface area contributed by atoms with Gasteiger partial charge in [0.05, 0.1) is 11.4 Å². The third kappa shape index (κ3) is 20.7. The first kappa shape index (κ1) is 46.7. The van der Waals surface area contributed by atoms with E-state index in [1.165, 1.54) is 0 Å². The molecule has 0 saturated heterocycles. The molecule has 152 valence electrons. The summed E-state index contributed by atoms with van der Waals surface area (Å²) >= 11 is 0. The fraction of sp³-hybridized carbons (Fsp3) is 0.529. The minimum Gasteiger partial charge on any atom is -0.358 e. The number of aryl methyl sites for hydroxylation is 2. The van der Waals surface area contributed by atoms with E-state index in [1.807, 2.05) is 17.1 Å². The molecular weight excluding hydrogens is 568 g/mol. The van der Waals surface area contributed by atoms with Crippen LogP contribution in [-0.4, -0.2) is 30.0 Å². The van der Waals surface area contributed by atoms with Crippen LogP contribution in [0.25, 0.3) is 0 Å². The van der Waals surface area contributed by atoms with E-state index >= 15 is 0 Å². The van der Waals surface area contributed by atoms with E-state index < -0.39 is 0 Å². The molecule has 0 amide bonds. The third-order valence-electron chi connectivity index (χ3n) is 2.62. The van der Waals surface area contributed by atoms with E-state index in [9.17, 15) is 0 Å². The number of aromatic nitrogens is 6. The fourth-order valence-electron chi connectivity index (χ4n) is 1.61. The van der Waals surface area contributed by atoms with Crippen molar-refractivity contribution in [1.29, 1.82) is 0 Å². The van der Waals surface area contributed by atoms with Gasteiger partial charge in [-0.05, 0) is 12.8 Å². The van der Waals surface area contributed by atoms with Gasteiger partial charge in [0.15, 0.2) is 0 Å². The van der Waals surface area contributed by atoms with Crippen molar-refractivity contribution in [2.45, 2.75) is 60.0 Å². The van der Waals surface area contributed by atoms with Gasteiger partial charge in [-0.25, -0.2) is 0 Å². The zero-order valence-electron chi connectivity index (χ0n) is 16.5. The summed E-state index contributed by atoms with van der Waals surface area (Å²) in [6.45, 7) is 13.3. The van der Waals surface area contributed by atoms with Gasteiger partial charge < -0.3 is 28.7 Å². The smallest absolute Gasteiger partial charge is 0.0825 e. The Balaban J connectivity index is -0.0000000471. The standard InChI is InChI=1S/2C7H12N3.CH4.2CH3.2V.2Y/c1-3-5-7-6-10(4-2)9-8-7;1-3-5-10-6-7(4-2)8-9-10;;;;;;;/h2*6H,2-5H2,1H3;1H4;2*1H3;;;;/q2*-1;;2*-1;;;;. The van der Waals surface area contributed by atoms with E-state index in [-0.39, 0.29) is 125 Å². The van der Waals surface area contributed by atoms with Crippen molar-refractivity contribution in [2.24, 2.45) is 0 Å². The van der Waals surface area contributed by atoms with Crippen LogP contribution < -0.4 is 0 Å². The first-order valence-corrected chi connectivity index (χ1v) is 7.09. The molecule has 2 aromatic rings. The van der Waals surface area contributed by atoms with Crippen molar-refractivity contribution in [2.75, 3.05) is 0 Å². The topological polar surface area (TPSA) is 61.4 Å². The van der Waals surface area contributed by atoms with Gasteiger partial charge in [-0.1, -0.05) is 44.7 Å². The number of nitrogens with zero attached hydrogens (tertiary/aromatic N) is 6. The number of hydrogen-bond donors (Lipinski definition) is 0. The summed E-state index contributed by atoms with van der Waals surface area (Å²) in [6, 6.07) is 0. The van der Waals surface area contributed by atoms with Gasteiger partial charge in [0.2, 0.25) is 0 Å². The Hall–Kier alpha value is 1.66. The summed E-state index contributed by atoms with van der Waals surface area (Å²) in [5.41, 5.74) is 2.03. The molecule has 2 aromatic heterocycles. The molecule has 4 radical (unpaired) electrons. The van der Waals surface area contributed by atoms with Crippen LogP contribution in [0.2, 0.25) is 0 Å². The zero-order valence-corrected chi connectivity index (χ0v) is 25.0. The number of rotatable bonds is 6. The SMILES string of the molecule is C.[CH2-]Cc1cn(CCC)nn1.[CH2-]Cn1cc(CCC)nn1.[CH3-].[CH3-].[V].[V].[Y].[Y]. The van der Waals surface area contributed by atoms with Gasteiger partial charge >= 0.3 is 0 Å². The summed E-state index contributed by atoms with van der Waals surface area (Å²) in [5, 5.41) is 15.6. The Morgan fingerprint density at radius 1 is 0.852 bits per heavy atom. The maximum absolute atomic E-state index is 3.95. The molecule has 0 aromatic carbocycles. The normalized spacial score (nSPS) is 7.56. The Bertz CT molecular complexity index is 451. The molecule has 0 bridgehead atoms. The predicted octanol–water partition coefficient (Wildman–Crippen LogP) is 3.66. The van der Waals surface area contributed by atoms with E-state index in [4.69, 9.17) is 0 Å². The third-order valence-corrected chi connectivity index (χ3v) is 2.62. The van der Waals surface area contributed by atoms with Gasteiger partial charge in [-0.2, -0.15) is 0 Å². The van der Waals surface area contributed by atoms with Crippen LogP contribution in [0.3, 0.4) is 0 Å². The van der Waals surface area contributed by atoms with Crippen LogP contribution >= 0.6 is 0 Å². The van der Waals surface area contributed by atoms with Gasteiger partial charge in [0, 0.05) is 121 Å². The van der Waals surface area contributed by atoms with Crippen molar-refractivity contribution < 1.29 is 103 Å². The van der Waals surface area contributed by atoms with Crippen LogP contribution in [0.1, 0.15) is 45.5 Å². The summed E-state index contributed by atoms with van der Waals surface area (Å²) in [5.74, 6) is 0. The maximum Gasteiger partial charge on any atom is 0.0825 e. The number of hydrogen-bond acceptors (Lipinski definition) is 4. The van der Waals surface area contributed by atoms with E-state index in [2.05, 4.69) is 48.3 Å². The Labute approximate surface area is 242 Å². The van der Waals surface area contributed by atoms with Crippen molar-refractivity contribution in [3.63, 3.8) is 0 Å². The Kier molecular flexibility index (Phi) is 51.7. The largest absolute Gasteiger partial charge is 0.358 e. The maximum atomic E-state index is 3.95. The minimum absolute atomic E-state index is 0. The van der Waals surface area contributed by atoms with Crippen LogP contribution in [0.4, 0.5) is 0 Å². The first-order chi connectivity index (χ1) is 9.73. The van der Waals surface area contributed by atoms with E-state index in [0.29, 0.717) is 6.54 Å². The van der Waals surface area contributed by atoms with Crippen LogP contribution in [-0.2, 0) is 128 Å². The fourth-order valence-corrected chi connectivity index (χ4v) is 1.61. The molecule has 0 aliphatic rings. The Morgan fingerprint density at radius 3 is 1.70 bits per heavy atom. The predicted molar refractivity (Wildman–Crippen MR) is 98.3 cm³/mol. The molecule has 0 atom stereocenters. The molecule has 27 heavy (non-hydrogen) atoms. The van der Waals surface area contributed by atoms with Crippen LogP contribution in [0.5, 0.6) is 0 Å². The molecule has 2 heterocycles. The van der Waals surface area contributed by atoms with Crippen molar-refractivity contribution in [3.05, 3.63) is 52.5 Å². The van der Waals surface area contributed by atoms with Crippen molar-refractivity contribution in [3.8, 4) is 0 Å². The van der Waals surface area contributed by atoms with Gasteiger partial charge in [-0.15, -0.1) is 16.6 Å². The molecule has 0 saturated carbocycles. The molecule has 0 N–H and O–H groups in total. The Morgan fingerprint density at radius 2 is 1.33 bits per heavy atom. The van der Waals surface area contributed by atoms with E-state index in [1.54, 1.807) is 4.68 Å². The second kappa shape index (κ2) is 29.9. The molecule has 6 nitrogen and oxygen atoms in total. The molecule has 0 spiro atoms. The monoisotopic (exact) mass is 602 g/mol. The molecule has 10 heteroatoms. The summed E-state index contributed by atoms with van der Waals surface area (Å²) < 4.78 is 3.59. The molecule has 0 aliphatic carbocycles. The quantitative estimate of drug-likeness (QED) is 0.474. The van der Waals surface area contributed by atoms with Gasteiger partial charge in [0.1, 0.15) is 0 Å². The summed E-state index contributed by atoms with van der Waals surface area (Å²) in [7, 11) is 0. The molecular formula is C17H34N6V2Y2-4. The molecule has 0 fully saturated rings. The van der Waals surface area contributed by atoms with Gasteiger partial charge in [0.25, 0.3) is 0 Å². The summed E-state index contributed by atoms with van der Waals surface area (Å²) in [6.07, 6.45) is 7.84. The van der Waals surface area contributed by atoms with Gasteiger partial charge in [-0.3, -0.25) is 9.36 Å². The molecule has 0 aliphatic heterocycles. The minimum atomic E-state index is 0. The average Bonchev–Trinajstić information content (AvgIpc) is 3.09. The second-order valence-electron chi connectivity index (χ2n) is 4.45. The summed E-state index contributed by atoms with van der Waals surface area (Å²) in [4.78, 5) is 0. The van der Waals surface area contributed by atoms with E-state index in [0.717, 1.165) is 43.6 Å². The average molecular weight is 602 g/mol. The molecule has 0 unspecified atom stereocenters.